The van der Waals surface area contributed by atoms with Crippen LogP contribution in [0.4, 0.5) is 5.95 Å². The second-order valence-corrected chi connectivity index (χ2v) is 10.7. The van der Waals surface area contributed by atoms with Gasteiger partial charge in [0.1, 0.15) is 25.0 Å². The lowest BCUT2D eigenvalue weighted by molar-refractivity contribution is 0.301. The van der Waals surface area contributed by atoms with E-state index < -0.39 is 5.41 Å². The van der Waals surface area contributed by atoms with Crippen molar-refractivity contribution in [2.24, 2.45) is 0 Å². The molecule has 3 aromatic rings. The van der Waals surface area contributed by atoms with Crippen molar-refractivity contribution < 1.29 is 9.47 Å². The number of halogens is 2. The fourth-order valence-electron chi connectivity index (χ4n) is 3.31. The minimum Gasteiger partial charge on any atom is -0.489 e. The summed E-state index contributed by atoms with van der Waals surface area (Å²) >= 11 is 13.7. The molecule has 2 aromatic carbocycles. The Bertz CT molecular complexity index is 1180. The van der Waals surface area contributed by atoms with Crippen molar-refractivity contribution in [3.63, 3.8) is 0 Å². The molecule has 3 rings (SSSR count). The quantitative estimate of drug-likeness (QED) is 0.211. The molecule has 0 fully saturated rings. The third-order valence-corrected chi connectivity index (χ3v) is 6.48. The van der Waals surface area contributed by atoms with Gasteiger partial charge in [-0.3, -0.25) is 4.72 Å². The molecule has 0 unspecified atom stereocenters. The van der Waals surface area contributed by atoms with E-state index in [1.165, 1.54) is 0 Å². The van der Waals surface area contributed by atoms with Gasteiger partial charge in [-0.1, -0.05) is 51.4 Å². The Morgan fingerprint density at radius 3 is 2.51 bits per heavy atom. The predicted molar refractivity (Wildman–Crippen MR) is 144 cm³/mol. The number of ether oxygens (including phenoxy) is 2. The Balaban J connectivity index is 1.72. The van der Waals surface area contributed by atoms with Crippen molar-refractivity contribution >= 4 is 41.1 Å². The van der Waals surface area contributed by atoms with Crippen LogP contribution < -0.4 is 14.2 Å². The fourth-order valence-corrected chi connectivity index (χ4v) is 4.10. The van der Waals surface area contributed by atoms with Gasteiger partial charge in [-0.05, 0) is 53.4 Å². The summed E-state index contributed by atoms with van der Waals surface area (Å²) in [6, 6.07) is 15.6. The van der Waals surface area contributed by atoms with Gasteiger partial charge < -0.3 is 9.47 Å². The first-order chi connectivity index (χ1) is 16.7. The highest BCUT2D eigenvalue weighted by Crippen LogP contribution is 2.38. The molecule has 1 heterocycles. The van der Waals surface area contributed by atoms with Gasteiger partial charge in [0.15, 0.2) is 5.75 Å². The standard InChI is InChI=1S/C26H28Cl2N4O2S/c1-17(2)35-32-25-30-11-9-21(31-25)16-34-22-7-5-19(6-8-22)26(3,4)20-13-18(15-29)24(23(28)14-20)33-12-10-27/h5-9,11,13-14,17H,10,12,16H2,1-4H3,(H,30,31,32). The van der Waals surface area contributed by atoms with Crippen molar-refractivity contribution in [1.82, 2.24) is 9.97 Å². The van der Waals surface area contributed by atoms with Crippen molar-refractivity contribution in [3.8, 4) is 17.6 Å². The zero-order valence-corrected chi connectivity index (χ0v) is 22.5. The smallest absolute Gasteiger partial charge is 0.233 e. The molecule has 1 N–H and O–H groups in total. The molecule has 35 heavy (non-hydrogen) atoms. The third-order valence-electron chi connectivity index (χ3n) is 5.27. The van der Waals surface area contributed by atoms with E-state index in [0.717, 1.165) is 22.6 Å². The summed E-state index contributed by atoms with van der Waals surface area (Å²) in [5.74, 6) is 1.98. The number of anilines is 1. The van der Waals surface area contributed by atoms with E-state index >= 15 is 0 Å². The van der Waals surface area contributed by atoms with Gasteiger partial charge in [-0.15, -0.1) is 11.6 Å². The number of nitriles is 1. The molecule has 1 aromatic heterocycles. The van der Waals surface area contributed by atoms with E-state index in [4.69, 9.17) is 32.7 Å². The number of nitrogens with one attached hydrogen (secondary N) is 1. The zero-order valence-electron chi connectivity index (χ0n) is 20.1. The van der Waals surface area contributed by atoms with Crippen molar-refractivity contribution in [2.45, 2.75) is 45.0 Å². The third kappa shape index (κ3) is 7.17. The first-order valence-electron chi connectivity index (χ1n) is 11.1. The van der Waals surface area contributed by atoms with E-state index in [0.29, 0.717) is 40.0 Å². The number of hydrogen-bond acceptors (Lipinski definition) is 7. The molecule has 0 aliphatic carbocycles. The molecule has 0 radical (unpaired) electrons. The van der Waals surface area contributed by atoms with Crippen LogP contribution in [-0.2, 0) is 12.0 Å². The van der Waals surface area contributed by atoms with Crippen LogP contribution in [-0.4, -0.2) is 27.7 Å². The highest BCUT2D eigenvalue weighted by atomic mass is 35.5. The minimum atomic E-state index is -0.403. The van der Waals surface area contributed by atoms with Crippen LogP contribution in [0.5, 0.6) is 11.5 Å². The molecule has 0 aliphatic rings. The van der Waals surface area contributed by atoms with Crippen LogP contribution in [0.2, 0.25) is 5.02 Å². The number of aromatic nitrogens is 2. The zero-order chi connectivity index (χ0) is 25.4. The molecular formula is C26H28Cl2N4O2S. The van der Waals surface area contributed by atoms with Crippen LogP contribution in [0.3, 0.4) is 0 Å². The summed E-state index contributed by atoms with van der Waals surface area (Å²) < 4.78 is 14.7. The van der Waals surface area contributed by atoms with Crippen molar-refractivity contribution in [3.05, 3.63) is 76.1 Å². The normalized spacial score (nSPS) is 11.3. The molecule has 0 saturated carbocycles. The predicted octanol–water partition coefficient (Wildman–Crippen LogP) is 6.99. The molecule has 0 spiro atoms. The van der Waals surface area contributed by atoms with E-state index in [2.05, 4.69) is 48.5 Å². The van der Waals surface area contributed by atoms with Crippen LogP contribution >= 0.6 is 35.1 Å². The molecular weight excluding hydrogens is 503 g/mol. The number of alkyl halides is 1. The number of benzene rings is 2. The Labute approximate surface area is 221 Å². The summed E-state index contributed by atoms with van der Waals surface area (Å²) in [6.07, 6.45) is 1.72. The van der Waals surface area contributed by atoms with Gasteiger partial charge >= 0.3 is 0 Å². The second kappa shape index (κ2) is 12.3. The van der Waals surface area contributed by atoms with Crippen molar-refractivity contribution in [2.75, 3.05) is 17.2 Å². The van der Waals surface area contributed by atoms with Crippen LogP contribution in [0.1, 0.15) is 50.1 Å². The molecule has 0 bridgehead atoms. The maximum Gasteiger partial charge on any atom is 0.233 e. The van der Waals surface area contributed by atoms with E-state index in [9.17, 15) is 5.26 Å². The summed E-state index contributed by atoms with van der Waals surface area (Å²) in [5, 5.41) is 10.4. The first-order valence-corrected chi connectivity index (χ1v) is 12.9. The number of hydrogen-bond donors (Lipinski definition) is 1. The van der Waals surface area contributed by atoms with Gasteiger partial charge in [-0.25, -0.2) is 9.97 Å². The minimum absolute atomic E-state index is 0.282. The Morgan fingerprint density at radius 2 is 1.86 bits per heavy atom. The Hall–Kier alpha value is -2.66. The van der Waals surface area contributed by atoms with Crippen molar-refractivity contribution in [1.29, 1.82) is 5.26 Å². The topological polar surface area (TPSA) is 80.1 Å². The van der Waals surface area contributed by atoms with Gasteiger partial charge in [-0.2, -0.15) is 5.26 Å². The monoisotopic (exact) mass is 530 g/mol. The fraction of sp³-hybridized carbons (Fsp3) is 0.346. The lowest BCUT2D eigenvalue weighted by atomic mass is 9.77. The van der Waals surface area contributed by atoms with Crippen LogP contribution in [0, 0.1) is 11.3 Å². The molecule has 6 nitrogen and oxygen atoms in total. The lowest BCUT2D eigenvalue weighted by Crippen LogP contribution is -2.19. The molecule has 0 aliphatic heterocycles. The largest absolute Gasteiger partial charge is 0.489 e. The molecule has 184 valence electrons. The maximum absolute atomic E-state index is 9.61. The van der Waals surface area contributed by atoms with Gasteiger partial charge in [0.05, 0.1) is 22.2 Å². The average Bonchev–Trinajstić information content (AvgIpc) is 2.85. The summed E-state index contributed by atoms with van der Waals surface area (Å²) in [6.45, 7) is 8.97. The van der Waals surface area contributed by atoms with Crippen LogP contribution in [0.15, 0.2) is 48.7 Å². The Morgan fingerprint density at radius 1 is 1.11 bits per heavy atom. The molecule has 0 amide bonds. The molecule has 9 heteroatoms. The SMILES string of the molecule is CC(C)SNc1nccc(COc2ccc(C(C)(C)c3cc(Cl)c(OCCCl)c(C#N)c3)cc2)n1. The molecule has 0 saturated heterocycles. The highest BCUT2D eigenvalue weighted by molar-refractivity contribution is 8.01. The Kier molecular flexibility index (Phi) is 9.50. The van der Waals surface area contributed by atoms with Gasteiger partial charge in [0, 0.05) is 16.9 Å². The van der Waals surface area contributed by atoms with Gasteiger partial charge in [0.25, 0.3) is 0 Å². The van der Waals surface area contributed by atoms with E-state index in [1.54, 1.807) is 18.1 Å². The van der Waals surface area contributed by atoms with E-state index in [1.807, 2.05) is 42.5 Å². The van der Waals surface area contributed by atoms with Crippen LogP contribution in [0.25, 0.3) is 0 Å². The van der Waals surface area contributed by atoms with E-state index in [-0.39, 0.29) is 6.61 Å². The van der Waals surface area contributed by atoms with Gasteiger partial charge in [0.2, 0.25) is 5.95 Å². The summed E-state index contributed by atoms with van der Waals surface area (Å²) in [5.41, 5.74) is 2.73. The lowest BCUT2D eigenvalue weighted by Gasteiger charge is -2.27. The number of rotatable bonds is 11. The molecule has 0 atom stereocenters. The average molecular weight is 532 g/mol. The second-order valence-electron chi connectivity index (χ2n) is 8.56. The first kappa shape index (κ1) is 26.9. The maximum atomic E-state index is 9.61. The highest BCUT2D eigenvalue weighted by Gasteiger charge is 2.26. The summed E-state index contributed by atoms with van der Waals surface area (Å²) in [7, 11) is 0. The summed E-state index contributed by atoms with van der Waals surface area (Å²) in [4.78, 5) is 8.71. The number of nitrogens with zero attached hydrogens (tertiary/aromatic N) is 3.